The van der Waals surface area contributed by atoms with Crippen molar-refractivity contribution in [1.82, 2.24) is 15.5 Å². The number of nitrogens with zero attached hydrogens (tertiary/aromatic N) is 1. The van der Waals surface area contributed by atoms with Gasteiger partial charge in [-0.2, -0.15) is 0 Å². The molecule has 0 aliphatic rings. The van der Waals surface area contributed by atoms with Crippen LogP contribution in [0.1, 0.15) is 51.3 Å². The van der Waals surface area contributed by atoms with Gasteiger partial charge in [-0.05, 0) is 38.9 Å². The average molecular weight is 305 g/mol. The lowest BCUT2D eigenvalue weighted by atomic mass is 10.0. The van der Waals surface area contributed by atoms with Crippen molar-refractivity contribution in [2.75, 3.05) is 19.6 Å². The molecule has 0 aliphatic heterocycles. The molecule has 0 aliphatic carbocycles. The smallest absolute Gasteiger partial charge is 0.315 e. The standard InChI is InChI=1S/C18H31N3O/c1-6-15(5)20-18(22)19-13-17(21(7-2)8-3)16-11-9-14(4)10-12-16/h9-12,15,17H,6-8,13H2,1-5H3,(H2,19,20,22). The Hall–Kier alpha value is -1.55. The number of carbonyl (C=O) groups excluding carboxylic acids is 1. The van der Waals surface area contributed by atoms with Gasteiger partial charge in [-0.25, -0.2) is 4.79 Å². The quantitative estimate of drug-likeness (QED) is 0.772. The molecule has 2 amide bonds. The van der Waals surface area contributed by atoms with Crippen LogP contribution in [-0.2, 0) is 0 Å². The molecule has 0 fully saturated rings. The van der Waals surface area contributed by atoms with Gasteiger partial charge in [-0.15, -0.1) is 0 Å². The van der Waals surface area contributed by atoms with Crippen LogP contribution in [0, 0.1) is 6.92 Å². The molecule has 0 heterocycles. The normalized spacial score (nSPS) is 13.7. The highest BCUT2D eigenvalue weighted by Crippen LogP contribution is 2.20. The van der Waals surface area contributed by atoms with Crippen LogP contribution in [0.5, 0.6) is 0 Å². The van der Waals surface area contributed by atoms with Gasteiger partial charge in [0.15, 0.2) is 0 Å². The SMILES string of the molecule is CCC(C)NC(=O)NCC(c1ccc(C)cc1)N(CC)CC. The summed E-state index contributed by atoms with van der Waals surface area (Å²) < 4.78 is 0. The zero-order chi connectivity index (χ0) is 16.5. The van der Waals surface area contributed by atoms with E-state index in [1.54, 1.807) is 0 Å². The number of rotatable bonds is 8. The first kappa shape index (κ1) is 18.5. The summed E-state index contributed by atoms with van der Waals surface area (Å²) in [6.45, 7) is 13.0. The van der Waals surface area contributed by atoms with E-state index in [2.05, 4.69) is 67.5 Å². The van der Waals surface area contributed by atoms with Gasteiger partial charge in [0.05, 0.1) is 6.04 Å². The number of amides is 2. The van der Waals surface area contributed by atoms with Crippen LogP contribution in [0.25, 0.3) is 0 Å². The van der Waals surface area contributed by atoms with Crippen molar-refractivity contribution < 1.29 is 4.79 Å². The van der Waals surface area contributed by atoms with Crippen molar-refractivity contribution in [2.24, 2.45) is 0 Å². The third-order valence-corrected chi connectivity index (χ3v) is 4.16. The minimum absolute atomic E-state index is 0.0846. The Balaban J connectivity index is 2.74. The fourth-order valence-electron chi connectivity index (χ4n) is 2.48. The Morgan fingerprint density at radius 2 is 1.73 bits per heavy atom. The molecule has 2 unspecified atom stereocenters. The molecule has 2 N–H and O–H groups in total. The Kier molecular flexibility index (Phi) is 7.96. The maximum absolute atomic E-state index is 12.0. The monoisotopic (exact) mass is 305 g/mol. The summed E-state index contributed by atoms with van der Waals surface area (Å²) in [7, 11) is 0. The second-order valence-electron chi connectivity index (χ2n) is 5.81. The second kappa shape index (κ2) is 9.46. The molecule has 0 saturated carbocycles. The van der Waals surface area contributed by atoms with E-state index in [0.717, 1.165) is 19.5 Å². The number of benzene rings is 1. The van der Waals surface area contributed by atoms with Gasteiger partial charge in [-0.1, -0.05) is 50.6 Å². The molecule has 1 rings (SSSR count). The van der Waals surface area contributed by atoms with Gasteiger partial charge in [0, 0.05) is 12.6 Å². The first-order valence-corrected chi connectivity index (χ1v) is 8.36. The molecule has 0 saturated heterocycles. The van der Waals surface area contributed by atoms with Crippen LogP contribution in [0.4, 0.5) is 4.79 Å². The minimum Gasteiger partial charge on any atom is -0.336 e. The largest absolute Gasteiger partial charge is 0.336 e. The van der Waals surface area contributed by atoms with Crippen LogP contribution in [-0.4, -0.2) is 36.6 Å². The van der Waals surface area contributed by atoms with E-state index in [1.807, 2.05) is 6.92 Å². The van der Waals surface area contributed by atoms with Crippen molar-refractivity contribution in [3.63, 3.8) is 0 Å². The van der Waals surface area contributed by atoms with E-state index in [1.165, 1.54) is 11.1 Å². The Labute approximate surface area is 135 Å². The third-order valence-electron chi connectivity index (χ3n) is 4.16. The maximum Gasteiger partial charge on any atom is 0.315 e. The van der Waals surface area contributed by atoms with Gasteiger partial charge >= 0.3 is 6.03 Å². The van der Waals surface area contributed by atoms with E-state index < -0.39 is 0 Å². The van der Waals surface area contributed by atoms with E-state index in [-0.39, 0.29) is 18.1 Å². The van der Waals surface area contributed by atoms with Crippen molar-refractivity contribution in [3.05, 3.63) is 35.4 Å². The average Bonchev–Trinajstić information content (AvgIpc) is 2.52. The van der Waals surface area contributed by atoms with Crippen LogP contribution >= 0.6 is 0 Å². The van der Waals surface area contributed by atoms with Gasteiger partial charge in [0.1, 0.15) is 0 Å². The van der Waals surface area contributed by atoms with E-state index in [9.17, 15) is 4.79 Å². The predicted octanol–water partition coefficient (Wildman–Crippen LogP) is 3.48. The van der Waals surface area contributed by atoms with E-state index >= 15 is 0 Å². The summed E-state index contributed by atoms with van der Waals surface area (Å²) in [6.07, 6.45) is 0.935. The zero-order valence-corrected chi connectivity index (χ0v) is 14.6. The van der Waals surface area contributed by atoms with Gasteiger partial charge < -0.3 is 10.6 Å². The maximum atomic E-state index is 12.0. The zero-order valence-electron chi connectivity index (χ0n) is 14.6. The lowest BCUT2D eigenvalue weighted by Crippen LogP contribution is -2.44. The fraction of sp³-hybridized carbons (Fsp3) is 0.611. The molecule has 0 aromatic heterocycles. The highest BCUT2D eigenvalue weighted by molar-refractivity contribution is 5.74. The van der Waals surface area contributed by atoms with E-state index in [0.29, 0.717) is 6.54 Å². The number of carbonyl (C=O) groups is 1. The summed E-state index contributed by atoms with van der Waals surface area (Å²) in [6, 6.07) is 8.90. The summed E-state index contributed by atoms with van der Waals surface area (Å²) >= 11 is 0. The highest BCUT2D eigenvalue weighted by atomic mass is 16.2. The summed E-state index contributed by atoms with van der Waals surface area (Å²) in [5, 5.41) is 5.97. The molecule has 124 valence electrons. The molecule has 4 heteroatoms. The molecule has 0 radical (unpaired) electrons. The summed E-state index contributed by atoms with van der Waals surface area (Å²) in [4.78, 5) is 14.3. The lowest BCUT2D eigenvalue weighted by molar-refractivity contribution is 0.205. The molecule has 1 aromatic carbocycles. The van der Waals surface area contributed by atoms with Crippen molar-refractivity contribution in [1.29, 1.82) is 0 Å². The highest BCUT2D eigenvalue weighted by Gasteiger charge is 2.19. The number of likely N-dealkylation sites (N-methyl/N-ethyl adjacent to an activating group) is 1. The predicted molar refractivity (Wildman–Crippen MR) is 93.1 cm³/mol. The third kappa shape index (κ3) is 5.68. The minimum atomic E-state index is -0.0846. The number of nitrogens with one attached hydrogen (secondary N) is 2. The van der Waals surface area contributed by atoms with Crippen LogP contribution in [0.15, 0.2) is 24.3 Å². The van der Waals surface area contributed by atoms with Crippen molar-refractivity contribution >= 4 is 6.03 Å². The molecular weight excluding hydrogens is 274 g/mol. The van der Waals surface area contributed by atoms with E-state index in [4.69, 9.17) is 0 Å². The molecule has 2 atom stereocenters. The number of aryl methyl sites for hydroxylation is 1. The fourth-order valence-corrected chi connectivity index (χ4v) is 2.48. The second-order valence-corrected chi connectivity index (χ2v) is 5.81. The number of hydrogen-bond acceptors (Lipinski definition) is 2. The van der Waals surface area contributed by atoms with Gasteiger partial charge in [0.25, 0.3) is 0 Å². The van der Waals surface area contributed by atoms with Gasteiger partial charge in [0.2, 0.25) is 0 Å². The van der Waals surface area contributed by atoms with Crippen LogP contribution < -0.4 is 10.6 Å². The summed E-state index contributed by atoms with van der Waals surface area (Å²) in [5.74, 6) is 0. The van der Waals surface area contributed by atoms with Crippen molar-refractivity contribution in [3.8, 4) is 0 Å². The Morgan fingerprint density at radius 3 is 2.23 bits per heavy atom. The molecular formula is C18H31N3O. The Bertz CT molecular complexity index is 440. The summed E-state index contributed by atoms with van der Waals surface area (Å²) in [5.41, 5.74) is 2.50. The molecule has 22 heavy (non-hydrogen) atoms. The molecule has 0 bridgehead atoms. The topological polar surface area (TPSA) is 44.4 Å². The number of urea groups is 1. The van der Waals surface area contributed by atoms with Crippen molar-refractivity contribution in [2.45, 2.75) is 53.1 Å². The first-order valence-electron chi connectivity index (χ1n) is 8.36. The molecule has 1 aromatic rings. The first-order chi connectivity index (χ1) is 10.5. The van der Waals surface area contributed by atoms with Crippen LogP contribution in [0.2, 0.25) is 0 Å². The number of hydrogen-bond donors (Lipinski definition) is 2. The van der Waals surface area contributed by atoms with Gasteiger partial charge in [-0.3, -0.25) is 4.90 Å². The van der Waals surface area contributed by atoms with Crippen LogP contribution in [0.3, 0.4) is 0 Å². The molecule has 0 spiro atoms. The molecule has 4 nitrogen and oxygen atoms in total. The Morgan fingerprint density at radius 1 is 1.14 bits per heavy atom. The lowest BCUT2D eigenvalue weighted by Gasteiger charge is -2.30.